The number of nitrogens with one attached hydrogen (secondary N) is 2. The average molecular weight is 492 g/mol. The van der Waals surface area contributed by atoms with Gasteiger partial charge in [-0.05, 0) is 31.0 Å². The Hall–Kier alpha value is -3.65. The summed E-state index contributed by atoms with van der Waals surface area (Å²) in [6.45, 7) is 9.45. The molecular formula is C28H37N5O3. The summed E-state index contributed by atoms with van der Waals surface area (Å²) in [7, 11) is 1.62. The van der Waals surface area contributed by atoms with Crippen molar-refractivity contribution < 1.29 is 14.3 Å². The molecule has 0 saturated heterocycles. The Balaban J connectivity index is 1.75. The van der Waals surface area contributed by atoms with Gasteiger partial charge < -0.3 is 20.3 Å². The van der Waals surface area contributed by atoms with Crippen molar-refractivity contribution in [2.45, 2.75) is 46.1 Å². The van der Waals surface area contributed by atoms with Crippen molar-refractivity contribution in [1.29, 1.82) is 0 Å². The first-order chi connectivity index (χ1) is 17.2. The highest BCUT2D eigenvalue weighted by atomic mass is 16.5. The Labute approximate surface area is 213 Å². The van der Waals surface area contributed by atoms with Crippen molar-refractivity contribution >= 4 is 17.8 Å². The highest BCUT2D eigenvalue weighted by Gasteiger charge is 2.23. The van der Waals surface area contributed by atoms with E-state index in [9.17, 15) is 9.59 Å². The molecule has 36 heavy (non-hydrogen) atoms. The third-order valence-electron chi connectivity index (χ3n) is 5.71. The molecular weight excluding hydrogens is 454 g/mol. The minimum atomic E-state index is -0.299. The molecule has 3 aromatic rings. The van der Waals surface area contributed by atoms with Crippen molar-refractivity contribution in [1.82, 2.24) is 20.0 Å². The Morgan fingerprint density at radius 1 is 1.06 bits per heavy atom. The minimum Gasteiger partial charge on any atom is -0.385 e. The normalized spacial score (nSPS) is 11.2. The summed E-state index contributed by atoms with van der Waals surface area (Å²) in [5.74, 6) is 0.270. The van der Waals surface area contributed by atoms with Crippen LogP contribution in [0.15, 0.2) is 60.7 Å². The number of rotatable bonds is 10. The van der Waals surface area contributed by atoms with Gasteiger partial charge in [-0.25, -0.2) is 9.48 Å². The SMILES string of the molecule is COCCCN(CC(=O)Nc1cc(C(C)(C)C)nn1-c1ccc(C)cc1)C(=O)NCc1ccccc1. The summed E-state index contributed by atoms with van der Waals surface area (Å²) in [5, 5.41) is 10.6. The molecule has 8 heteroatoms. The number of carbonyl (C=O) groups is 2. The number of aromatic nitrogens is 2. The van der Waals surface area contributed by atoms with Gasteiger partial charge in [0.25, 0.3) is 0 Å². The first-order valence-electron chi connectivity index (χ1n) is 12.2. The molecule has 0 atom stereocenters. The van der Waals surface area contributed by atoms with E-state index in [1.54, 1.807) is 11.8 Å². The van der Waals surface area contributed by atoms with Crippen molar-refractivity contribution in [3.8, 4) is 5.69 Å². The van der Waals surface area contributed by atoms with Gasteiger partial charge in [-0.1, -0.05) is 68.8 Å². The number of amides is 3. The molecule has 0 radical (unpaired) electrons. The second-order valence-corrected chi connectivity index (χ2v) is 9.87. The van der Waals surface area contributed by atoms with E-state index >= 15 is 0 Å². The van der Waals surface area contributed by atoms with Crippen LogP contribution in [0.25, 0.3) is 5.69 Å². The zero-order valence-electron chi connectivity index (χ0n) is 21.9. The number of hydrogen-bond donors (Lipinski definition) is 2. The van der Waals surface area contributed by atoms with Crippen LogP contribution in [0, 0.1) is 6.92 Å². The monoisotopic (exact) mass is 491 g/mol. The summed E-state index contributed by atoms with van der Waals surface area (Å²) in [4.78, 5) is 27.6. The van der Waals surface area contributed by atoms with Gasteiger partial charge in [0.1, 0.15) is 12.4 Å². The quantitative estimate of drug-likeness (QED) is 0.404. The van der Waals surface area contributed by atoms with E-state index in [4.69, 9.17) is 9.84 Å². The maximum atomic E-state index is 13.1. The number of ether oxygens (including phenoxy) is 1. The van der Waals surface area contributed by atoms with Gasteiger partial charge in [-0.3, -0.25) is 4.79 Å². The Morgan fingerprint density at radius 2 is 1.75 bits per heavy atom. The highest BCUT2D eigenvalue weighted by molar-refractivity contribution is 5.94. The zero-order valence-corrected chi connectivity index (χ0v) is 21.9. The van der Waals surface area contributed by atoms with Gasteiger partial charge in [-0.2, -0.15) is 5.10 Å². The maximum Gasteiger partial charge on any atom is 0.318 e. The van der Waals surface area contributed by atoms with Crippen LogP contribution in [0.4, 0.5) is 10.6 Å². The standard InChI is InChI=1S/C28H37N5O3/c1-21-12-14-23(15-13-21)33-25(18-24(31-33)28(2,3)4)30-26(34)20-32(16-9-17-36-5)27(35)29-19-22-10-7-6-8-11-22/h6-8,10-15,18H,9,16-17,19-20H2,1-5H3,(H,29,35)(H,30,34). The molecule has 8 nitrogen and oxygen atoms in total. The van der Waals surface area contributed by atoms with Gasteiger partial charge in [0.2, 0.25) is 5.91 Å². The predicted molar refractivity (Wildman–Crippen MR) is 142 cm³/mol. The average Bonchev–Trinajstić information content (AvgIpc) is 3.27. The largest absolute Gasteiger partial charge is 0.385 e. The minimum absolute atomic E-state index is 0.0890. The van der Waals surface area contributed by atoms with E-state index in [2.05, 4.69) is 31.4 Å². The van der Waals surface area contributed by atoms with Crippen molar-refractivity contribution in [3.05, 3.63) is 77.5 Å². The van der Waals surface area contributed by atoms with Crippen molar-refractivity contribution in [2.24, 2.45) is 0 Å². The number of urea groups is 1. The summed E-state index contributed by atoms with van der Waals surface area (Å²) < 4.78 is 6.88. The molecule has 192 valence electrons. The van der Waals surface area contributed by atoms with Gasteiger partial charge in [0, 0.05) is 38.3 Å². The second kappa shape index (κ2) is 12.4. The molecule has 0 aliphatic heterocycles. The van der Waals surface area contributed by atoms with Gasteiger partial charge in [0.05, 0.1) is 11.4 Å². The summed E-state index contributed by atoms with van der Waals surface area (Å²) in [6.07, 6.45) is 0.623. The lowest BCUT2D eigenvalue weighted by molar-refractivity contribution is -0.116. The molecule has 0 aliphatic rings. The topological polar surface area (TPSA) is 88.5 Å². The molecule has 0 unspecified atom stereocenters. The lowest BCUT2D eigenvalue weighted by atomic mass is 9.92. The lowest BCUT2D eigenvalue weighted by Gasteiger charge is -2.22. The molecule has 0 aliphatic carbocycles. The molecule has 1 heterocycles. The van der Waals surface area contributed by atoms with Crippen molar-refractivity contribution in [3.63, 3.8) is 0 Å². The maximum absolute atomic E-state index is 13.1. The number of hydrogen-bond acceptors (Lipinski definition) is 4. The Bertz CT molecular complexity index is 1130. The molecule has 2 aromatic carbocycles. The van der Waals surface area contributed by atoms with E-state index in [1.165, 1.54) is 4.90 Å². The van der Waals surface area contributed by atoms with Crippen LogP contribution in [-0.4, -0.2) is 53.4 Å². The van der Waals surface area contributed by atoms with Gasteiger partial charge in [-0.15, -0.1) is 0 Å². The number of carbonyl (C=O) groups excluding carboxylic acids is 2. The van der Waals surface area contributed by atoms with Crippen LogP contribution in [0.5, 0.6) is 0 Å². The summed E-state index contributed by atoms with van der Waals surface area (Å²) >= 11 is 0. The van der Waals surface area contributed by atoms with Gasteiger partial charge in [0.15, 0.2) is 0 Å². The number of anilines is 1. The van der Waals surface area contributed by atoms with Crippen LogP contribution in [-0.2, 0) is 21.5 Å². The molecule has 1 aromatic heterocycles. The fourth-order valence-electron chi connectivity index (χ4n) is 3.61. The summed E-state index contributed by atoms with van der Waals surface area (Å²) in [5.41, 5.74) is 3.64. The van der Waals surface area contributed by atoms with E-state index in [1.807, 2.05) is 67.6 Å². The van der Waals surface area contributed by atoms with E-state index in [0.29, 0.717) is 31.9 Å². The summed E-state index contributed by atoms with van der Waals surface area (Å²) in [6, 6.07) is 19.2. The molecule has 3 amide bonds. The predicted octanol–water partition coefficient (Wildman–Crippen LogP) is 4.67. The third kappa shape index (κ3) is 7.68. The molecule has 0 fully saturated rings. The number of aryl methyl sites for hydroxylation is 1. The fourth-order valence-corrected chi connectivity index (χ4v) is 3.61. The van der Waals surface area contributed by atoms with E-state index in [-0.39, 0.29) is 23.9 Å². The van der Waals surface area contributed by atoms with Gasteiger partial charge >= 0.3 is 6.03 Å². The molecule has 0 saturated carbocycles. The molecule has 2 N–H and O–H groups in total. The van der Waals surface area contributed by atoms with Crippen molar-refractivity contribution in [2.75, 3.05) is 32.1 Å². The highest BCUT2D eigenvalue weighted by Crippen LogP contribution is 2.26. The van der Waals surface area contributed by atoms with Crippen LogP contribution >= 0.6 is 0 Å². The second-order valence-electron chi connectivity index (χ2n) is 9.87. The first kappa shape index (κ1) is 26.9. The number of benzene rings is 2. The molecule has 0 bridgehead atoms. The lowest BCUT2D eigenvalue weighted by Crippen LogP contribution is -2.44. The smallest absolute Gasteiger partial charge is 0.318 e. The Morgan fingerprint density at radius 3 is 2.39 bits per heavy atom. The first-order valence-corrected chi connectivity index (χ1v) is 12.2. The fraction of sp³-hybridized carbons (Fsp3) is 0.393. The number of methoxy groups -OCH3 is 1. The molecule has 3 rings (SSSR count). The van der Waals surface area contributed by atoms with E-state index in [0.717, 1.165) is 22.5 Å². The van der Waals surface area contributed by atoms with Crippen LogP contribution in [0.2, 0.25) is 0 Å². The van der Waals surface area contributed by atoms with Crippen LogP contribution < -0.4 is 10.6 Å². The van der Waals surface area contributed by atoms with Crippen LogP contribution in [0.3, 0.4) is 0 Å². The number of nitrogens with zero attached hydrogens (tertiary/aromatic N) is 3. The zero-order chi connectivity index (χ0) is 26.1. The third-order valence-corrected chi connectivity index (χ3v) is 5.71. The van der Waals surface area contributed by atoms with E-state index < -0.39 is 0 Å². The molecule has 0 spiro atoms. The Kier molecular flexibility index (Phi) is 9.25. The van der Waals surface area contributed by atoms with Crippen LogP contribution in [0.1, 0.15) is 44.0 Å².